The molecule has 0 heterocycles. The van der Waals surface area contributed by atoms with Crippen LogP contribution in [0.2, 0.25) is 0 Å². The normalized spacial score (nSPS) is 11.2. The molecule has 3 rings (SSSR count). The van der Waals surface area contributed by atoms with Gasteiger partial charge < -0.3 is 20.3 Å². The summed E-state index contributed by atoms with van der Waals surface area (Å²) in [5, 5.41) is 29.6. The monoisotopic (exact) mass is 745 g/mol. The number of nitro benzene ring substituents is 2. The van der Waals surface area contributed by atoms with E-state index >= 15 is 0 Å². The minimum Gasteiger partial charge on any atom is -0.481 e. The van der Waals surface area contributed by atoms with E-state index in [1.165, 1.54) is 13.2 Å². The van der Waals surface area contributed by atoms with Crippen LogP contribution in [0, 0.1) is 20.2 Å². The van der Waals surface area contributed by atoms with Crippen molar-refractivity contribution in [3.63, 3.8) is 0 Å². The second-order valence-corrected chi connectivity index (χ2v) is 9.68. The maximum Gasteiger partial charge on any atom is 0.416 e. The highest BCUT2D eigenvalue weighted by molar-refractivity contribution is 5.75. The Bertz CT molecular complexity index is 1760. The minimum absolute atomic E-state index is 0.0692. The molecule has 0 atom stereocenters. The molecule has 0 saturated carbocycles. The van der Waals surface area contributed by atoms with Crippen LogP contribution in [-0.4, -0.2) is 47.1 Å². The van der Waals surface area contributed by atoms with Crippen molar-refractivity contribution in [3.05, 3.63) is 108 Å². The second-order valence-electron chi connectivity index (χ2n) is 9.68. The van der Waals surface area contributed by atoms with Gasteiger partial charge in [0.25, 0.3) is 11.4 Å². The van der Waals surface area contributed by atoms with Crippen molar-refractivity contribution in [1.29, 1.82) is 0 Å². The Balaban J connectivity index is 0.000000383. The number of hydrogen-bond donors (Lipinski definition) is 2. The second kappa shape index (κ2) is 17.6. The summed E-state index contributed by atoms with van der Waals surface area (Å²) in [6.07, 6.45) is -15.1. The Morgan fingerprint density at radius 3 is 1.24 bits per heavy atom. The van der Waals surface area contributed by atoms with Crippen molar-refractivity contribution in [2.24, 2.45) is 0 Å². The number of nitrogens with zero attached hydrogens (tertiary/aromatic N) is 2. The fourth-order valence-electron chi connectivity index (χ4n) is 3.67. The Kier molecular flexibility index (Phi) is 14.9. The average Bonchev–Trinajstić information content (AvgIpc) is 3.00. The first-order chi connectivity index (χ1) is 23.3. The Morgan fingerprint density at radius 1 is 0.627 bits per heavy atom. The number of nitro groups is 2. The summed E-state index contributed by atoms with van der Waals surface area (Å²) < 4.78 is 120. The highest BCUT2D eigenvalue weighted by Gasteiger charge is 2.34. The van der Waals surface area contributed by atoms with E-state index < -0.39 is 87.2 Å². The summed E-state index contributed by atoms with van der Waals surface area (Å²) >= 11 is 0. The van der Waals surface area contributed by atoms with Crippen molar-refractivity contribution in [3.8, 4) is 0 Å². The lowest BCUT2D eigenvalue weighted by Crippen LogP contribution is -2.10. The van der Waals surface area contributed by atoms with Crippen molar-refractivity contribution < 1.29 is 78.3 Å². The maximum absolute atomic E-state index is 12.4. The molecule has 0 aromatic heterocycles. The molecule has 0 aliphatic heterocycles. The molecule has 0 aliphatic carbocycles. The molecule has 51 heavy (non-hydrogen) atoms. The fraction of sp³-hybridized carbons (Fsp3) is 0.276. The van der Waals surface area contributed by atoms with Crippen LogP contribution in [0.25, 0.3) is 0 Å². The smallest absolute Gasteiger partial charge is 0.416 e. The number of nitrogen functional groups attached to an aromatic ring is 1. The number of rotatable bonds is 8. The largest absolute Gasteiger partial charge is 0.481 e. The van der Waals surface area contributed by atoms with Gasteiger partial charge in [0.05, 0.1) is 60.0 Å². The first-order valence-corrected chi connectivity index (χ1v) is 13.3. The molecule has 0 bridgehead atoms. The third kappa shape index (κ3) is 13.8. The number of ether oxygens (including phenoxy) is 2. The number of anilines is 1. The standard InChI is InChI=1S/C10H8F3NO4.C10H10F3NO2.C9H6F3NO4/c1-18-9(15)4-6-2-3-7(10(11,12)13)5-8(6)14(16)17;1-16-9(15)4-6-2-3-7(5-8(6)14)10(11,12)13;10-9(11,12)6-2-1-5(3-8(14)15)7(4-6)13(16)17/h2-3,5H,4H2,1H3;2-3,5H,4,14H2,1H3;1-2,4H,3H2,(H,14,15). The molecular weight excluding hydrogens is 721 g/mol. The van der Waals surface area contributed by atoms with Gasteiger partial charge in [-0.3, -0.25) is 34.6 Å². The molecule has 0 aliphatic rings. The van der Waals surface area contributed by atoms with Gasteiger partial charge in [-0.15, -0.1) is 0 Å². The SMILES string of the molecule is COC(=O)Cc1ccc(C(F)(F)F)cc1N.COC(=O)Cc1ccc(C(F)(F)F)cc1[N+](=O)[O-].O=C(O)Cc1ccc(C(F)(F)F)cc1[N+](=O)[O-]. The molecule has 0 amide bonds. The molecular formula is C29H24F9N3O10. The number of halogens is 9. The molecule has 0 saturated heterocycles. The zero-order valence-electron chi connectivity index (χ0n) is 25.8. The molecule has 3 aromatic carbocycles. The summed E-state index contributed by atoms with van der Waals surface area (Å²) in [4.78, 5) is 51.5. The quantitative estimate of drug-likeness (QED) is 0.0830. The number of alkyl halides is 9. The number of aliphatic carboxylic acids is 1. The number of benzene rings is 3. The van der Waals surface area contributed by atoms with Gasteiger partial charge in [-0.25, -0.2) is 0 Å². The Labute approximate surface area is 279 Å². The molecule has 0 spiro atoms. The first kappa shape index (κ1) is 43.1. The number of carbonyl (C=O) groups excluding carboxylic acids is 2. The highest BCUT2D eigenvalue weighted by atomic mass is 19.4. The highest BCUT2D eigenvalue weighted by Crippen LogP contribution is 2.35. The molecule has 13 nitrogen and oxygen atoms in total. The molecule has 0 unspecified atom stereocenters. The molecule has 3 N–H and O–H groups in total. The van der Waals surface area contributed by atoms with Gasteiger partial charge in [-0.2, -0.15) is 39.5 Å². The molecule has 3 aromatic rings. The first-order valence-electron chi connectivity index (χ1n) is 13.3. The van der Waals surface area contributed by atoms with Gasteiger partial charge in [0.2, 0.25) is 0 Å². The van der Waals surface area contributed by atoms with Gasteiger partial charge in [0.1, 0.15) is 0 Å². The maximum atomic E-state index is 12.4. The fourth-order valence-corrected chi connectivity index (χ4v) is 3.67. The van der Waals surface area contributed by atoms with Gasteiger partial charge in [-0.1, -0.05) is 18.2 Å². The number of esters is 2. The number of carbonyl (C=O) groups is 3. The Morgan fingerprint density at radius 2 is 0.941 bits per heavy atom. The van der Waals surface area contributed by atoms with Crippen LogP contribution in [0.1, 0.15) is 33.4 Å². The number of hydrogen-bond acceptors (Lipinski definition) is 10. The zero-order chi connectivity index (χ0) is 39.5. The van der Waals surface area contributed by atoms with Gasteiger partial charge in [0.15, 0.2) is 0 Å². The van der Waals surface area contributed by atoms with E-state index in [9.17, 15) is 74.1 Å². The predicted octanol–water partition coefficient (Wildman–Crippen LogP) is 6.57. The Hall–Kier alpha value is -5.96. The van der Waals surface area contributed by atoms with E-state index in [4.69, 9.17) is 10.8 Å². The van der Waals surface area contributed by atoms with E-state index in [2.05, 4.69) is 9.47 Å². The summed E-state index contributed by atoms with van der Waals surface area (Å²) in [7, 11) is 2.28. The van der Waals surface area contributed by atoms with Crippen molar-refractivity contribution in [2.45, 2.75) is 37.8 Å². The summed E-state index contributed by atoms with van der Waals surface area (Å²) in [5.74, 6) is -2.67. The van der Waals surface area contributed by atoms with Crippen molar-refractivity contribution >= 4 is 35.0 Å². The molecule has 22 heteroatoms. The topological polar surface area (TPSA) is 202 Å². The van der Waals surface area contributed by atoms with Crippen LogP contribution in [0.15, 0.2) is 54.6 Å². The summed E-state index contributed by atoms with van der Waals surface area (Å²) in [6, 6.07) is 6.60. The zero-order valence-corrected chi connectivity index (χ0v) is 25.8. The van der Waals surface area contributed by atoms with Crippen LogP contribution in [0.3, 0.4) is 0 Å². The molecule has 278 valence electrons. The minimum atomic E-state index is -4.70. The van der Waals surface area contributed by atoms with Gasteiger partial charge in [0, 0.05) is 28.9 Å². The number of carboxylic acid groups (broad SMARTS) is 1. The van der Waals surface area contributed by atoms with E-state index in [1.54, 1.807) is 0 Å². The van der Waals surface area contributed by atoms with E-state index in [0.717, 1.165) is 31.4 Å². The van der Waals surface area contributed by atoms with Crippen LogP contribution in [0.4, 0.5) is 56.6 Å². The lowest BCUT2D eigenvalue weighted by Gasteiger charge is -2.10. The van der Waals surface area contributed by atoms with E-state index in [1.807, 2.05) is 0 Å². The van der Waals surface area contributed by atoms with Crippen molar-refractivity contribution in [2.75, 3.05) is 20.0 Å². The van der Waals surface area contributed by atoms with Crippen LogP contribution in [-0.2, 0) is 61.6 Å². The van der Waals surface area contributed by atoms with E-state index in [-0.39, 0.29) is 23.2 Å². The van der Waals surface area contributed by atoms with Crippen LogP contribution >= 0.6 is 0 Å². The lowest BCUT2D eigenvalue weighted by atomic mass is 10.1. The average molecular weight is 746 g/mol. The van der Waals surface area contributed by atoms with Gasteiger partial charge >= 0.3 is 36.4 Å². The van der Waals surface area contributed by atoms with Crippen LogP contribution < -0.4 is 5.73 Å². The summed E-state index contributed by atoms with van der Waals surface area (Å²) in [5.41, 5.74) is 0.518. The van der Waals surface area contributed by atoms with E-state index in [0.29, 0.717) is 29.8 Å². The lowest BCUT2D eigenvalue weighted by molar-refractivity contribution is -0.385. The van der Waals surface area contributed by atoms with Gasteiger partial charge in [-0.05, 0) is 29.8 Å². The third-order valence-corrected chi connectivity index (χ3v) is 6.16. The number of carboxylic acids is 1. The third-order valence-electron chi connectivity index (χ3n) is 6.16. The number of methoxy groups -OCH3 is 2. The molecule has 0 fully saturated rings. The number of nitrogens with two attached hydrogens (primary N) is 1. The summed E-state index contributed by atoms with van der Waals surface area (Å²) in [6.45, 7) is 0. The van der Waals surface area contributed by atoms with Crippen LogP contribution in [0.5, 0.6) is 0 Å². The van der Waals surface area contributed by atoms with Crippen molar-refractivity contribution in [1.82, 2.24) is 0 Å². The molecule has 0 radical (unpaired) electrons. The predicted molar refractivity (Wildman–Crippen MR) is 155 cm³/mol.